The van der Waals surface area contributed by atoms with Gasteiger partial charge in [-0.1, -0.05) is 30.3 Å². The Hall–Kier alpha value is -1.88. The molecule has 1 rings (SSSR count). The molecule has 0 spiro atoms. The fourth-order valence-corrected chi connectivity index (χ4v) is 1.57. The van der Waals surface area contributed by atoms with Crippen molar-refractivity contribution < 1.29 is 14.7 Å². The van der Waals surface area contributed by atoms with Gasteiger partial charge < -0.3 is 10.0 Å². The molecule has 0 heterocycles. The van der Waals surface area contributed by atoms with Gasteiger partial charge in [-0.3, -0.25) is 14.9 Å². The number of hydrogen-bond acceptors (Lipinski definition) is 3. The summed E-state index contributed by atoms with van der Waals surface area (Å²) in [6, 6.07) is 9.70. The number of carbonyl (C=O) groups excluding carboxylic acids is 1. The van der Waals surface area contributed by atoms with Crippen LogP contribution in [0, 0.1) is 0 Å². The first-order valence-corrected chi connectivity index (χ1v) is 5.87. The first-order chi connectivity index (χ1) is 8.63. The normalized spacial score (nSPS) is 10.1. The van der Waals surface area contributed by atoms with Crippen LogP contribution in [0.25, 0.3) is 0 Å². The molecular formula is C13H18N2O3. The zero-order valence-electron chi connectivity index (χ0n) is 10.4. The molecule has 1 amide bonds. The SMILES string of the molecule is CCN(Cc1ccccc1)C(=O)CNCC(=O)O. The number of rotatable bonds is 7. The minimum Gasteiger partial charge on any atom is -0.480 e. The summed E-state index contributed by atoms with van der Waals surface area (Å²) in [6.45, 7) is 2.90. The first-order valence-electron chi connectivity index (χ1n) is 5.87. The molecular weight excluding hydrogens is 232 g/mol. The van der Waals surface area contributed by atoms with Crippen LogP contribution in [-0.2, 0) is 16.1 Å². The van der Waals surface area contributed by atoms with Crippen molar-refractivity contribution in [3.05, 3.63) is 35.9 Å². The molecule has 18 heavy (non-hydrogen) atoms. The molecule has 0 aliphatic carbocycles. The number of carboxylic acid groups (broad SMARTS) is 1. The third-order valence-corrected chi connectivity index (χ3v) is 2.50. The zero-order chi connectivity index (χ0) is 13.4. The van der Waals surface area contributed by atoms with Gasteiger partial charge in [0.2, 0.25) is 5.91 Å². The van der Waals surface area contributed by atoms with E-state index in [1.54, 1.807) is 4.90 Å². The molecule has 2 N–H and O–H groups in total. The number of likely N-dealkylation sites (N-methyl/N-ethyl adjacent to an activating group) is 1. The fourth-order valence-electron chi connectivity index (χ4n) is 1.57. The lowest BCUT2D eigenvalue weighted by Crippen LogP contribution is -2.39. The summed E-state index contributed by atoms with van der Waals surface area (Å²) in [6.07, 6.45) is 0. The second kappa shape index (κ2) is 7.45. The van der Waals surface area contributed by atoms with E-state index in [-0.39, 0.29) is 19.0 Å². The lowest BCUT2D eigenvalue weighted by molar-refractivity contribution is -0.136. The Morgan fingerprint density at radius 3 is 2.44 bits per heavy atom. The van der Waals surface area contributed by atoms with Crippen molar-refractivity contribution in [2.75, 3.05) is 19.6 Å². The Kier molecular flexibility index (Phi) is 5.87. The van der Waals surface area contributed by atoms with Crippen molar-refractivity contribution in [1.82, 2.24) is 10.2 Å². The Balaban J connectivity index is 2.45. The van der Waals surface area contributed by atoms with E-state index in [0.29, 0.717) is 13.1 Å². The van der Waals surface area contributed by atoms with Crippen LogP contribution in [0.4, 0.5) is 0 Å². The number of amides is 1. The molecule has 5 nitrogen and oxygen atoms in total. The Morgan fingerprint density at radius 1 is 1.22 bits per heavy atom. The standard InChI is InChI=1S/C13H18N2O3/c1-2-15(10-11-6-4-3-5-7-11)12(16)8-14-9-13(17)18/h3-7,14H,2,8-10H2,1H3,(H,17,18). The van der Waals surface area contributed by atoms with Gasteiger partial charge in [-0.15, -0.1) is 0 Å². The van der Waals surface area contributed by atoms with Gasteiger partial charge in [0, 0.05) is 13.1 Å². The number of benzene rings is 1. The van der Waals surface area contributed by atoms with Gasteiger partial charge in [0.1, 0.15) is 0 Å². The number of aliphatic carboxylic acids is 1. The predicted octanol–water partition coefficient (Wildman–Crippen LogP) is 0.709. The molecule has 0 fully saturated rings. The molecule has 0 aromatic heterocycles. The molecule has 0 bridgehead atoms. The van der Waals surface area contributed by atoms with E-state index in [9.17, 15) is 9.59 Å². The maximum absolute atomic E-state index is 11.8. The van der Waals surface area contributed by atoms with Crippen molar-refractivity contribution in [3.63, 3.8) is 0 Å². The maximum Gasteiger partial charge on any atom is 0.317 e. The molecule has 1 aromatic carbocycles. The third-order valence-electron chi connectivity index (χ3n) is 2.50. The second-order valence-electron chi connectivity index (χ2n) is 3.89. The van der Waals surface area contributed by atoms with E-state index < -0.39 is 5.97 Å². The molecule has 0 aliphatic rings. The van der Waals surface area contributed by atoms with Crippen LogP contribution >= 0.6 is 0 Å². The third kappa shape index (κ3) is 4.97. The van der Waals surface area contributed by atoms with Crippen LogP contribution in [0.5, 0.6) is 0 Å². The Labute approximate surface area is 106 Å². The van der Waals surface area contributed by atoms with Crippen LogP contribution in [0.2, 0.25) is 0 Å². The molecule has 1 aromatic rings. The van der Waals surface area contributed by atoms with Gasteiger partial charge in [0.15, 0.2) is 0 Å². The average molecular weight is 250 g/mol. The molecule has 5 heteroatoms. The highest BCUT2D eigenvalue weighted by Gasteiger charge is 2.11. The lowest BCUT2D eigenvalue weighted by atomic mass is 10.2. The number of carboxylic acids is 1. The van der Waals surface area contributed by atoms with E-state index in [1.807, 2.05) is 37.3 Å². The molecule has 0 atom stereocenters. The van der Waals surface area contributed by atoms with Crippen molar-refractivity contribution in [1.29, 1.82) is 0 Å². The van der Waals surface area contributed by atoms with E-state index >= 15 is 0 Å². The van der Waals surface area contributed by atoms with Crippen molar-refractivity contribution in [3.8, 4) is 0 Å². The van der Waals surface area contributed by atoms with Gasteiger partial charge in [0.05, 0.1) is 13.1 Å². The number of nitrogens with one attached hydrogen (secondary N) is 1. The van der Waals surface area contributed by atoms with E-state index in [1.165, 1.54) is 0 Å². The monoisotopic (exact) mass is 250 g/mol. The van der Waals surface area contributed by atoms with Crippen LogP contribution in [0.15, 0.2) is 30.3 Å². The summed E-state index contributed by atoms with van der Waals surface area (Å²) in [5.41, 5.74) is 1.06. The van der Waals surface area contributed by atoms with Crippen molar-refractivity contribution in [2.24, 2.45) is 0 Å². The van der Waals surface area contributed by atoms with E-state index in [4.69, 9.17) is 5.11 Å². The van der Waals surface area contributed by atoms with Gasteiger partial charge in [0.25, 0.3) is 0 Å². The number of carbonyl (C=O) groups is 2. The largest absolute Gasteiger partial charge is 0.480 e. The molecule has 0 saturated carbocycles. The maximum atomic E-state index is 11.8. The minimum absolute atomic E-state index is 0.0486. The Morgan fingerprint density at radius 2 is 1.89 bits per heavy atom. The molecule has 0 unspecified atom stereocenters. The number of nitrogens with zero attached hydrogens (tertiary/aromatic N) is 1. The minimum atomic E-state index is -0.964. The first kappa shape index (κ1) is 14.2. The summed E-state index contributed by atoms with van der Waals surface area (Å²) in [4.78, 5) is 23.8. The summed E-state index contributed by atoms with van der Waals surface area (Å²) >= 11 is 0. The van der Waals surface area contributed by atoms with Crippen LogP contribution < -0.4 is 5.32 Å². The quantitative estimate of drug-likeness (QED) is 0.747. The molecule has 0 aliphatic heterocycles. The average Bonchev–Trinajstić information content (AvgIpc) is 2.36. The van der Waals surface area contributed by atoms with Gasteiger partial charge in [-0.25, -0.2) is 0 Å². The fraction of sp³-hybridized carbons (Fsp3) is 0.385. The Bertz CT molecular complexity index is 392. The predicted molar refractivity (Wildman–Crippen MR) is 68.0 cm³/mol. The van der Waals surface area contributed by atoms with E-state index in [2.05, 4.69) is 5.32 Å². The highest BCUT2D eigenvalue weighted by atomic mass is 16.4. The smallest absolute Gasteiger partial charge is 0.317 e. The molecule has 0 saturated heterocycles. The van der Waals surface area contributed by atoms with Crippen LogP contribution in [0.3, 0.4) is 0 Å². The second-order valence-corrected chi connectivity index (χ2v) is 3.89. The van der Waals surface area contributed by atoms with Crippen molar-refractivity contribution >= 4 is 11.9 Å². The van der Waals surface area contributed by atoms with E-state index in [0.717, 1.165) is 5.56 Å². The molecule has 98 valence electrons. The highest BCUT2D eigenvalue weighted by Crippen LogP contribution is 2.04. The summed E-state index contributed by atoms with van der Waals surface area (Å²) in [5.74, 6) is -1.06. The summed E-state index contributed by atoms with van der Waals surface area (Å²) < 4.78 is 0. The highest BCUT2D eigenvalue weighted by molar-refractivity contribution is 5.79. The number of hydrogen-bond donors (Lipinski definition) is 2. The zero-order valence-corrected chi connectivity index (χ0v) is 10.4. The topological polar surface area (TPSA) is 69.6 Å². The van der Waals surface area contributed by atoms with Gasteiger partial charge in [-0.2, -0.15) is 0 Å². The summed E-state index contributed by atoms with van der Waals surface area (Å²) in [5, 5.41) is 11.1. The summed E-state index contributed by atoms with van der Waals surface area (Å²) in [7, 11) is 0. The lowest BCUT2D eigenvalue weighted by Gasteiger charge is -2.21. The van der Waals surface area contributed by atoms with Gasteiger partial charge >= 0.3 is 5.97 Å². The molecule has 0 radical (unpaired) electrons. The van der Waals surface area contributed by atoms with Gasteiger partial charge in [-0.05, 0) is 12.5 Å². The van der Waals surface area contributed by atoms with Crippen LogP contribution in [-0.4, -0.2) is 41.5 Å². The van der Waals surface area contributed by atoms with Crippen LogP contribution in [0.1, 0.15) is 12.5 Å². The van der Waals surface area contributed by atoms with Crippen molar-refractivity contribution in [2.45, 2.75) is 13.5 Å².